The van der Waals surface area contributed by atoms with Gasteiger partial charge in [0, 0.05) is 23.3 Å². The van der Waals surface area contributed by atoms with Crippen molar-refractivity contribution >= 4 is 17.2 Å². The first kappa shape index (κ1) is 13.5. The molecule has 0 aliphatic heterocycles. The van der Waals surface area contributed by atoms with E-state index in [1.807, 2.05) is 6.07 Å². The second-order valence-electron chi connectivity index (χ2n) is 5.12. The molecule has 2 rings (SSSR count). The predicted octanol–water partition coefficient (Wildman–Crippen LogP) is 1.44. The van der Waals surface area contributed by atoms with Crippen LogP contribution >= 0.6 is 11.3 Å². The molecule has 1 aliphatic rings. The van der Waals surface area contributed by atoms with Gasteiger partial charge in [-0.25, -0.2) is 0 Å². The van der Waals surface area contributed by atoms with Crippen LogP contribution in [0.15, 0.2) is 11.4 Å². The Morgan fingerprint density at radius 3 is 2.94 bits per heavy atom. The van der Waals surface area contributed by atoms with Gasteiger partial charge in [0.1, 0.15) is 0 Å². The molecule has 2 unspecified atom stereocenters. The molecule has 0 spiro atoms. The summed E-state index contributed by atoms with van der Waals surface area (Å²) < 4.78 is 0. The number of hydrogen-bond donors (Lipinski definition) is 2. The van der Waals surface area contributed by atoms with Gasteiger partial charge in [-0.1, -0.05) is 6.42 Å². The lowest BCUT2D eigenvalue weighted by Gasteiger charge is -2.22. The van der Waals surface area contributed by atoms with Gasteiger partial charge in [0.15, 0.2) is 0 Å². The highest BCUT2D eigenvalue weighted by Crippen LogP contribution is 2.26. The van der Waals surface area contributed by atoms with Crippen molar-refractivity contribution in [3.05, 3.63) is 21.9 Å². The molecule has 1 aliphatic carbocycles. The molecule has 3 N–H and O–H groups in total. The fraction of sp³-hybridized carbons (Fsp3) is 0.615. The number of amides is 1. The normalized spacial score (nSPS) is 23.7. The molecular weight excluding hydrogens is 248 g/mol. The largest absolute Gasteiger partial charge is 0.393 e. The molecule has 4 nitrogen and oxygen atoms in total. The number of carbonyl (C=O) groups is 1. The van der Waals surface area contributed by atoms with Crippen LogP contribution in [0.3, 0.4) is 0 Å². The topological polar surface area (TPSA) is 66.6 Å². The first-order chi connectivity index (χ1) is 8.56. The third kappa shape index (κ3) is 3.31. The van der Waals surface area contributed by atoms with E-state index in [1.165, 1.54) is 0 Å². The number of thiophene rings is 1. The zero-order valence-electron chi connectivity index (χ0n) is 10.6. The van der Waals surface area contributed by atoms with Crippen molar-refractivity contribution < 1.29 is 9.90 Å². The number of nitrogens with zero attached hydrogens (tertiary/aromatic N) is 1. The standard InChI is InChI=1S/C13H20N2O2S/c1-15(6-9-3-2-4-12(9)16)7-11-5-10(8-18-11)13(14)17/h5,8-9,12,16H,2-4,6-7H2,1H3,(H2,14,17). The van der Waals surface area contributed by atoms with E-state index < -0.39 is 0 Å². The van der Waals surface area contributed by atoms with Crippen molar-refractivity contribution in [1.82, 2.24) is 4.90 Å². The number of aliphatic hydroxyl groups is 1. The Morgan fingerprint density at radius 2 is 2.39 bits per heavy atom. The van der Waals surface area contributed by atoms with E-state index in [0.717, 1.165) is 37.2 Å². The molecule has 1 aromatic rings. The lowest BCUT2D eigenvalue weighted by molar-refractivity contribution is 0.100. The minimum Gasteiger partial charge on any atom is -0.393 e. The van der Waals surface area contributed by atoms with Gasteiger partial charge in [-0.15, -0.1) is 11.3 Å². The van der Waals surface area contributed by atoms with E-state index >= 15 is 0 Å². The molecule has 1 saturated carbocycles. The maximum Gasteiger partial charge on any atom is 0.249 e. The number of nitrogens with two attached hydrogens (primary N) is 1. The van der Waals surface area contributed by atoms with Crippen LogP contribution in [0.25, 0.3) is 0 Å². The molecule has 0 radical (unpaired) electrons. The monoisotopic (exact) mass is 268 g/mol. The summed E-state index contributed by atoms with van der Waals surface area (Å²) in [7, 11) is 2.05. The molecule has 1 aromatic heterocycles. The number of primary amides is 1. The molecule has 100 valence electrons. The van der Waals surface area contributed by atoms with Gasteiger partial charge >= 0.3 is 0 Å². The van der Waals surface area contributed by atoms with Crippen LogP contribution in [0.2, 0.25) is 0 Å². The molecule has 0 saturated heterocycles. The second kappa shape index (κ2) is 5.82. The summed E-state index contributed by atoms with van der Waals surface area (Å²) in [5.74, 6) is 0.0249. The molecule has 0 bridgehead atoms. The molecule has 0 aromatic carbocycles. The summed E-state index contributed by atoms with van der Waals surface area (Å²) in [6.45, 7) is 1.71. The second-order valence-corrected chi connectivity index (χ2v) is 6.12. The third-order valence-electron chi connectivity index (χ3n) is 3.53. The first-order valence-corrected chi connectivity index (χ1v) is 7.18. The van der Waals surface area contributed by atoms with Crippen molar-refractivity contribution in [2.45, 2.75) is 31.9 Å². The van der Waals surface area contributed by atoms with Gasteiger partial charge < -0.3 is 15.7 Å². The summed E-state index contributed by atoms with van der Waals surface area (Å²) >= 11 is 1.56. The molecule has 18 heavy (non-hydrogen) atoms. The average molecular weight is 268 g/mol. The Morgan fingerprint density at radius 1 is 1.61 bits per heavy atom. The molecule has 1 amide bonds. The number of carbonyl (C=O) groups excluding carboxylic acids is 1. The van der Waals surface area contributed by atoms with Crippen molar-refractivity contribution in [1.29, 1.82) is 0 Å². The van der Waals surface area contributed by atoms with E-state index in [0.29, 0.717) is 11.5 Å². The molecular formula is C13H20N2O2S. The average Bonchev–Trinajstić information content (AvgIpc) is 2.89. The van der Waals surface area contributed by atoms with E-state index in [1.54, 1.807) is 16.7 Å². The fourth-order valence-electron chi connectivity index (χ4n) is 2.55. The highest BCUT2D eigenvalue weighted by Gasteiger charge is 2.26. The lowest BCUT2D eigenvalue weighted by Crippen LogP contribution is -2.29. The summed E-state index contributed by atoms with van der Waals surface area (Å²) in [5, 5.41) is 11.6. The van der Waals surface area contributed by atoms with Crippen LogP contribution < -0.4 is 5.73 Å². The van der Waals surface area contributed by atoms with Crippen molar-refractivity contribution in [3.63, 3.8) is 0 Å². The molecule has 1 fully saturated rings. The quantitative estimate of drug-likeness (QED) is 0.849. The van der Waals surface area contributed by atoms with Crippen LogP contribution in [0.5, 0.6) is 0 Å². The van der Waals surface area contributed by atoms with Gasteiger partial charge in [-0.3, -0.25) is 4.79 Å². The van der Waals surface area contributed by atoms with Crippen molar-refractivity contribution in [2.75, 3.05) is 13.6 Å². The van der Waals surface area contributed by atoms with Gasteiger partial charge in [0.2, 0.25) is 5.91 Å². The first-order valence-electron chi connectivity index (χ1n) is 6.30. The minimum absolute atomic E-state index is 0.142. The highest BCUT2D eigenvalue weighted by atomic mass is 32.1. The maximum atomic E-state index is 11.0. The third-order valence-corrected chi connectivity index (χ3v) is 4.45. The lowest BCUT2D eigenvalue weighted by atomic mass is 10.1. The van der Waals surface area contributed by atoms with Crippen LogP contribution in [-0.4, -0.2) is 35.6 Å². The van der Waals surface area contributed by atoms with E-state index in [9.17, 15) is 9.90 Å². The Kier molecular flexibility index (Phi) is 4.37. The molecule has 1 heterocycles. The summed E-state index contributed by atoms with van der Waals surface area (Å²) in [5.41, 5.74) is 5.82. The zero-order valence-corrected chi connectivity index (χ0v) is 11.4. The van der Waals surface area contributed by atoms with Gasteiger partial charge in [-0.2, -0.15) is 0 Å². The van der Waals surface area contributed by atoms with Crippen LogP contribution in [0.4, 0.5) is 0 Å². The van der Waals surface area contributed by atoms with Gasteiger partial charge in [0.25, 0.3) is 0 Å². The Balaban J connectivity index is 1.86. The SMILES string of the molecule is CN(Cc1cc(C(N)=O)cs1)CC1CCCC1O. The predicted molar refractivity (Wildman–Crippen MR) is 72.5 cm³/mol. The smallest absolute Gasteiger partial charge is 0.249 e. The van der Waals surface area contributed by atoms with E-state index in [2.05, 4.69) is 11.9 Å². The Hall–Kier alpha value is -0.910. The Bertz CT molecular complexity index is 419. The van der Waals surface area contributed by atoms with Crippen LogP contribution in [-0.2, 0) is 6.54 Å². The number of aliphatic hydroxyl groups excluding tert-OH is 1. The Labute approximate surface area is 111 Å². The highest BCUT2D eigenvalue weighted by molar-refractivity contribution is 7.10. The van der Waals surface area contributed by atoms with Gasteiger partial charge in [-0.05, 0) is 31.9 Å². The van der Waals surface area contributed by atoms with Gasteiger partial charge in [0.05, 0.1) is 11.7 Å². The molecule has 5 heteroatoms. The summed E-state index contributed by atoms with van der Waals surface area (Å²) in [4.78, 5) is 14.3. The molecule has 2 atom stereocenters. The van der Waals surface area contributed by atoms with E-state index in [4.69, 9.17) is 5.73 Å². The zero-order chi connectivity index (χ0) is 13.1. The maximum absolute atomic E-state index is 11.0. The number of hydrogen-bond acceptors (Lipinski definition) is 4. The van der Waals surface area contributed by atoms with E-state index in [-0.39, 0.29) is 12.0 Å². The van der Waals surface area contributed by atoms with Crippen LogP contribution in [0, 0.1) is 5.92 Å². The minimum atomic E-state index is -0.369. The summed E-state index contributed by atoms with van der Waals surface area (Å²) in [6.07, 6.45) is 3.04. The summed E-state index contributed by atoms with van der Waals surface area (Å²) in [6, 6.07) is 1.86. The fourth-order valence-corrected chi connectivity index (χ4v) is 3.51. The van der Waals surface area contributed by atoms with Crippen molar-refractivity contribution in [2.24, 2.45) is 11.7 Å². The van der Waals surface area contributed by atoms with Crippen LogP contribution in [0.1, 0.15) is 34.5 Å². The number of rotatable bonds is 5. The van der Waals surface area contributed by atoms with Crippen molar-refractivity contribution in [3.8, 4) is 0 Å².